The van der Waals surface area contributed by atoms with Crippen LogP contribution in [-0.2, 0) is 16.2 Å². The van der Waals surface area contributed by atoms with Crippen LogP contribution in [0.25, 0.3) is 99.5 Å². The largest absolute Gasteiger partial charge is 0.456 e. The van der Waals surface area contributed by atoms with Crippen molar-refractivity contribution >= 4 is 60.9 Å². The van der Waals surface area contributed by atoms with Gasteiger partial charge in [0.1, 0.15) is 22.3 Å². The zero-order chi connectivity index (χ0) is 48.4. The average Bonchev–Trinajstić information content (AvgIpc) is 4.15. The predicted octanol–water partition coefficient (Wildman–Crippen LogP) is 19.2. The van der Waals surface area contributed by atoms with E-state index < -0.39 is 0 Å². The Morgan fingerprint density at radius 3 is 1.56 bits per heavy atom. The highest BCUT2D eigenvalue weighted by molar-refractivity contribution is 6.19. The quantitative estimate of drug-likeness (QED) is 0.172. The second-order valence-corrected chi connectivity index (χ2v) is 22.0. The molecular weight excluding hydrogens is 875 g/mol. The molecule has 3 aliphatic rings. The van der Waals surface area contributed by atoms with Crippen molar-refractivity contribution in [2.75, 3.05) is 4.90 Å². The number of hydrogen-bond acceptors (Lipinski definition) is 3. The number of fused-ring (bicyclic) bond motifs is 17. The summed E-state index contributed by atoms with van der Waals surface area (Å²) in [5.41, 5.74) is 26.9. The van der Waals surface area contributed by atoms with Crippen molar-refractivity contribution in [3.8, 4) is 55.6 Å². The monoisotopic (exact) mass is 925 g/mol. The molecule has 0 radical (unpaired) electrons. The van der Waals surface area contributed by atoms with E-state index in [1.54, 1.807) is 0 Å². The maximum absolute atomic E-state index is 6.81. The van der Waals surface area contributed by atoms with E-state index >= 15 is 0 Å². The average molecular weight is 926 g/mol. The van der Waals surface area contributed by atoms with Crippen LogP contribution in [-0.4, -0.2) is 0 Å². The lowest BCUT2D eigenvalue weighted by atomic mass is 9.79. The molecule has 0 bridgehead atoms. The normalized spacial score (nSPS) is 15.1. The fourth-order valence-corrected chi connectivity index (χ4v) is 13.4. The molecule has 0 spiro atoms. The number of benzene rings is 10. The number of anilines is 3. The molecule has 0 aliphatic heterocycles. The molecule has 72 heavy (non-hydrogen) atoms. The summed E-state index contributed by atoms with van der Waals surface area (Å²) in [7, 11) is 0. The molecule has 3 heteroatoms. The molecule has 10 aromatic carbocycles. The molecule has 12 aromatic rings. The molecule has 0 saturated heterocycles. The van der Waals surface area contributed by atoms with Crippen molar-refractivity contribution in [1.82, 2.24) is 0 Å². The summed E-state index contributed by atoms with van der Waals surface area (Å²) in [6, 6.07) is 73.9. The first-order chi connectivity index (χ1) is 35.0. The van der Waals surface area contributed by atoms with Gasteiger partial charge < -0.3 is 13.7 Å². The van der Waals surface area contributed by atoms with Crippen molar-refractivity contribution in [3.63, 3.8) is 0 Å². The van der Waals surface area contributed by atoms with Crippen LogP contribution in [0.5, 0.6) is 0 Å². The lowest BCUT2D eigenvalue weighted by molar-refractivity contribution is 0.651. The van der Waals surface area contributed by atoms with Gasteiger partial charge in [0.15, 0.2) is 0 Å². The molecule has 3 aliphatic carbocycles. The summed E-state index contributed by atoms with van der Waals surface area (Å²) in [5.74, 6) is 0. The van der Waals surface area contributed by atoms with E-state index in [4.69, 9.17) is 8.83 Å². The van der Waals surface area contributed by atoms with Crippen molar-refractivity contribution in [2.45, 2.75) is 57.8 Å². The van der Waals surface area contributed by atoms with Gasteiger partial charge in [-0.3, -0.25) is 0 Å². The van der Waals surface area contributed by atoms with Crippen LogP contribution in [0.15, 0.2) is 209 Å². The van der Waals surface area contributed by atoms with Crippen LogP contribution in [0, 0.1) is 0 Å². The van der Waals surface area contributed by atoms with Crippen molar-refractivity contribution < 1.29 is 8.83 Å². The molecule has 0 saturated carbocycles. The molecule has 15 rings (SSSR count). The van der Waals surface area contributed by atoms with Gasteiger partial charge in [0.2, 0.25) is 0 Å². The van der Waals surface area contributed by atoms with E-state index in [0.29, 0.717) is 0 Å². The van der Waals surface area contributed by atoms with Crippen molar-refractivity contribution in [1.29, 1.82) is 0 Å². The summed E-state index contributed by atoms with van der Waals surface area (Å²) in [4.78, 5) is 2.49. The molecule has 0 N–H and O–H groups in total. The lowest BCUT2D eigenvalue weighted by Crippen LogP contribution is -2.18. The van der Waals surface area contributed by atoms with E-state index in [9.17, 15) is 0 Å². The van der Waals surface area contributed by atoms with Crippen LogP contribution in [0.4, 0.5) is 17.1 Å². The van der Waals surface area contributed by atoms with Gasteiger partial charge in [-0.05, 0) is 156 Å². The first kappa shape index (κ1) is 41.4. The molecule has 2 heterocycles. The minimum absolute atomic E-state index is 0.180. The zero-order valence-corrected chi connectivity index (χ0v) is 41.3. The highest BCUT2D eigenvalue weighted by Gasteiger charge is 2.44. The fourth-order valence-electron chi connectivity index (χ4n) is 13.4. The predicted molar refractivity (Wildman–Crippen MR) is 299 cm³/mol. The molecular formula is C69H51NO2. The Morgan fingerprint density at radius 2 is 0.819 bits per heavy atom. The third-order valence-corrected chi connectivity index (χ3v) is 17.0. The van der Waals surface area contributed by atoms with Gasteiger partial charge in [0, 0.05) is 60.4 Å². The Bertz CT molecular complexity index is 4300. The van der Waals surface area contributed by atoms with Gasteiger partial charge in [0.25, 0.3) is 0 Å². The van der Waals surface area contributed by atoms with E-state index in [2.05, 4.69) is 247 Å². The van der Waals surface area contributed by atoms with E-state index in [1.807, 2.05) is 0 Å². The second-order valence-electron chi connectivity index (χ2n) is 22.0. The fraction of sp³-hybridized carbons (Fsp3) is 0.130. The summed E-state index contributed by atoms with van der Waals surface area (Å²) in [6.45, 7) is 14.4. The van der Waals surface area contributed by atoms with Gasteiger partial charge in [-0.15, -0.1) is 0 Å². The standard InChI is InChI=1S/C69H51NO2/c1-67(2)53-32-33-61-64(48-24-13-15-26-59(48)71-61)63(53)52-39-56-51(38-57(52)67)46-30-28-44(35-54(46)68(56,3)4)70(43-23-17-22-42(34-43)40-18-9-7-10-19-40)45-29-31-47-55(36-45)69(5,6)58-37-50(41-20-11-8-12-21-41)66-65(62(47)58)49-25-14-16-27-60(49)72-66/h7-39H,1-6H3. The van der Waals surface area contributed by atoms with Gasteiger partial charge in [-0.25, -0.2) is 0 Å². The van der Waals surface area contributed by atoms with Crippen LogP contribution < -0.4 is 4.90 Å². The van der Waals surface area contributed by atoms with E-state index in [0.717, 1.165) is 55.9 Å². The second kappa shape index (κ2) is 14.4. The zero-order valence-electron chi connectivity index (χ0n) is 41.3. The van der Waals surface area contributed by atoms with Crippen LogP contribution in [0.3, 0.4) is 0 Å². The summed E-state index contributed by atoms with van der Waals surface area (Å²) >= 11 is 0. The van der Waals surface area contributed by atoms with Crippen LogP contribution in [0.2, 0.25) is 0 Å². The molecule has 0 fully saturated rings. The topological polar surface area (TPSA) is 29.5 Å². The third-order valence-electron chi connectivity index (χ3n) is 17.0. The van der Waals surface area contributed by atoms with Crippen LogP contribution in [0.1, 0.15) is 74.9 Å². The van der Waals surface area contributed by atoms with Gasteiger partial charge in [-0.1, -0.05) is 169 Å². The van der Waals surface area contributed by atoms with E-state index in [-0.39, 0.29) is 16.2 Å². The van der Waals surface area contributed by atoms with E-state index in [1.165, 1.54) is 94.0 Å². The van der Waals surface area contributed by atoms with Crippen molar-refractivity contribution in [3.05, 3.63) is 234 Å². The first-order valence-corrected chi connectivity index (χ1v) is 25.4. The number of rotatable bonds is 5. The van der Waals surface area contributed by atoms with Gasteiger partial charge >= 0.3 is 0 Å². The maximum atomic E-state index is 6.81. The SMILES string of the molecule is CC1(C)c2cc(N(c3cccc(-c4ccccc4)c3)c3ccc4c(c3)C(C)(C)c3cc(-c5ccccc5)c5oc6ccccc6c5c3-4)ccc2-c2cc3c(cc21)-c1c(ccc2oc4ccccc4c12)C3(C)C. The minimum Gasteiger partial charge on any atom is -0.456 e. The van der Waals surface area contributed by atoms with Gasteiger partial charge in [0.05, 0.1) is 0 Å². The molecule has 0 atom stereocenters. The molecule has 344 valence electrons. The summed E-state index contributed by atoms with van der Waals surface area (Å²) in [5, 5.41) is 4.74. The Kier molecular flexibility index (Phi) is 8.26. The van der Waals surface area contributed by atoms with Gasteiger partial charge in [-0.2, -0.15) is 0 Å². The number of para-hydroxylation sites is 2. The minimum atomic E-state index is -0.309. The number of furan rings is 2. The molecule has 3 nitrogen and oxygen atoms in total. The van der Waals surface area contributed by atoms with Crippen molar-refractivity contribution in [2.24, 2.45) is 0 Å². The first-order valence-electron chi connectivity index (χ1n) is 25.4. The third kappa shape index (κ3) is 5.51. The summed E-state index contributed by atoms with van der Waals surface area (Å²) in [6.07, 6.45) is 0. The Hall–Kier alpha value is -8.40. The smallest absolute Gasteiger partial charge is 0.143 e. The highest BCUT2D eigenvalue weighted by atomic mass is 16.3. The highest BCUT2D eigenvalue weighted by Crippen LogP contribution is 2.60. The number of nitrogens with zero attached hydrogens (tertiary/aromatic N) is 1. The molecule has 0 amide bonds. The number of hydrogen-bond donors (Lipinski definition) is 0. The summed E-state index contributed by atoms with van der Waals surface area (Å²) < 4.78 is 13.3. The Labute approximate surface area is 419 Å². The Balaban J connectivity index is 0.913. The lowest BCUT2D eigenvalue weighted by Gasteiger charge is -2.30. The molecule has 0 unspecified atom stereocenters. The molecule has 2 aromatic heterocycles. The maximum Gasteiger partial charge on any atom is 0.143 e. The van der Waals surface area contributed by atoms with Crippen LogP contribution >= 0.6 is 0 Å². The Morgan fingerprint density at radius 1 is 0.306 bits per heavy atom.